The van der Waals surface area contributed by atoms with E-state index in [4.69, 9.17) is 14.9 Å². The van der Waals surface area contributed by atoms with Crippen molar-refractivity contribution in [2.24, 2.45) is 0 Å². The van der Waals surface area contributed by atoms with Gasteiger partial charge >= 0.3 is 19.3 Å². The Balaban J connectivity index is 0. The molecule has 22 heavy (non-hydrogen) atoms. The van der Waals surface area contributed by atoms with Gasteiger partial charge in [0.2, 0.25) is 0 Å². The Hall–Kier alpha value is -2.89. The predicted molar refractivity (Wildman–Crippen MR) is 81.6 cm³/mol. The van der Waals surface area contributed by atoms with Gasteiger partial charge in [0.05, 0.1) is 5.56 Å². The van der Waals surface area contributed by atoms with Crippen molar-refractivity contribution in [2.45, 2.75) is 20.5 Å². The van der Waals surface area contributed by atoms with E-state index in [1.54, 1.807) is 19.1 Å². The second-order valence-corrected chi connectivity index (χ2v) is 4.44. The fourth-order valence-electron chi connectivity index (χ4n) is 1.02. The first-order valence-electron chi connectivity index (χ1n) is 6.18. The van der Waals surface area contributed by atoms with Crippen LogP contribution in [0.1, 0.15) is 31.2 Å². The summed E-state index contributed by atoms with van der Waals surface area (Å²) < 4.78 is 4.90. The molecule has 0 aromatic heterocycles. The molecular weight excluding hydrogens is 288 g/mol. The van der Waals surface area contributed by atoms with Crippen molar-refractivity contribution in [3.8, 4) is 0 Å². The number of hydrogen-bond donors (Lipinski definition) is 2. The van der Waals surface area contributed by atoms with Crippen molar-refractivity contribution < 1.29 is 30.8 Å². The van der Waals surface area contributed by atoms with Crippen molar-refractivity contribution in [1.82, 2.24) is 0 Å². The zero-order chi connectivity index (χ0) is 17.3. The topological polar surface area (TPSA) is 101 Å². The molecule has 0 atom stereocenters. The van der Waals surface area contributed by atoms with E-state index in [9.17, 15) is 14.4 Å². The number of esters is 1. The summed E-state index contributed by atoms with van der Waals surface area (Å²) in [6.07, 6.45) is 0. The van der Waals surface area contributed by atoms with Gasteiger partial charge in [-0.2, -0.15) is 0 Å². The first-order chi connectivity index (χ1) is 10.1. The summed E-state index contributed by atoms with van der Waals surface area (Å²) in [4.78, 5) is 31.2. The van der Waals surface area contributed by atoms with Gasteiger partial charge in [-0.05, 0) is 31.5 Å². The number of hydrogen-bond acceptors (Lipinski definition) is 4. The number of ether oxygens (including phenoxy) is 1. The van der Waals surface area contributed by atoms with E-state index < -0.39 is 17.9 Å². The van der Waals surface area contributed by atoms with E-state index in [1.165, 1.54) is 19.1 Å². The molecule has 1 aromatic rings. The predicted octanol–water partition coefficient (Wildman–Crippen LogP) is 2.76. The molecule has 0 heterocycles. The van der Waals surface area contributed by atoms with E-state index in [2.05, 4.69) is 13.2 Å². The largest absolute Gasteiger partial charge is 1.00 e. The Morgan fingerprint density at radius 1 is 1.05 bits per heavy atom. The lowest BCUT2D eigenvalue weighted by atomic mass is 10.1. The smallest absolute Gasteiger partial charge is 0.478 e. The SMILES string of the molecule is C=C(C)C(=O)O.C=C(C)C(=O)OCc1ccc(C(=O)O)cc1.[H+]. The number of benzene rings is 1. The van der Waals surface area contributed by atoms with E-state index in [0.717, 1.165) is 5.56 Å². The molecular formula is C16H19O6+. The first-order valence-corrected chi connectivity index (χ1v) is 6.18. The average Bonchev–Trinajstić information content (AvgIpc) is 2.45. The fraction of sp³-hybridized carbons (Fsp3) is 0.188. The molecule has 0 spiro atoms. The van der Waals surface area contributed by atoms with Crippen LogP contribution < -0.4 is 0 Å². The van der Waals surface area contributed by atoms with E-state index in [-0.39, 0.29) is 19.2 Å². The lowest BCUT2D eigenvalue weighted by Gasteiger charge is -2.04. The molecule has 0 aliphatic carbocycles. The standard InChI is InChI=1S/C12H12O4.C4H6O2/c1-8(2)12(15)16-7-9-3-5-10(6-4-9)11(13)14;1-3(2)4(5)6/h3-6H,1,7H2,2H3,(H,13,14);1H2,2H3,(H,5,6)/p+1. The van der Waals surface area contributed by atoms with Crippen LogP contribution in [0.2, 0.25) is 0 Å². The molecule has 118 valence electrons. The number of aromatic carboxylic acids is 1. The number of carbonyl (C=O) groups is 3. The van der Waals surface area contributed by atoms with E-state index >= 15 is 0 Å². The van der Waals surface area contributed by atoms with Crippen LogP contribution in [0.3, 0.4) is 0 Å². The molecule has 1 aromatic carbocycles. The maximum Gasteiger partial charge on any atom is 1.00 e. The number of carbonyl (C=O) groups excluding carboxylic acids is 1. The summed E-state index contributed by atoms with van der Waals surface area (Å²) in [5, 5.41) is 16.6. The van der Waals surface area contributed by atoms with E-state index in [0.29, 0.717) is 5.57 Å². The highest BCUT2D eigenvalue weighted by Gasteiger charge is 2.05. The maximum absolute atomic E-state index is 11.1. The van der Waals surface area contributed by atoms with Crippen LogP contribution in [-0.2, 0) is 20.9 Å². The number of aliphatic carboxylic acids is 1. The minimum atomic E-state index is -0.981. The Morgan fingerprint density at radius 3 is 1.82 bits per heavy atom. The van der Waals surface area contributed by atoms with Gasteiger partial charge in [-0.3, -0.25) is 0 Å². The van der Waals surface area contributed by atoms with Crippen LogP contribution in [-0.4, -0.2) is 28.1 Å². The number of carboxylic acid groups (broad SMARTS) is 2. The highest BCUT2D eigenvalue weighted by atomic mass is 16.5. The van der Waals surface area contributed by atoms with Crippen LogP contribution in [0.15, 0.2) is 48.6 Å². The summed E-state index contributed by atoms with van der Waals surface area (Å²) in [5.41, 5.74) is 1.45. The zero-order valence-corrected chi connectivity index (χ0v) is 12.5. The molecule has 6 heteroatoms. The van der Waals surface area contributed by atoms with Crippen LogP contribution in [0, 0.1) is 0 Å². The van der Waals surface area contributed by atoms with Crippen LogP contribution >= 0.6 is 0 Å². The highest BCUT2D eigenvalue weighted by Crippen LogP contribution is 2.06. The van der Waals surface area contributed by atoms with Gasteiger partial charge in [0.25, 0.3) is 0 Å². The average molecular weight is 307 g/mol. The molecule has 0 saturated carbocycles. The molecule has 0 aliphatic heterocycles. The van der Waals surface area contributed by atoms with Crippen molar-refractivity contribution >= 4 is 17.9 Å². The maximum atomic E-state index is 11.1. The van der Waals surface area contributed by atoms with Gasteiger partial charge in [-0.1, -0.05) is 25.3 Å². The fourth-order valence-corrected chi connectivity index (χ4v) is 1.02. The van der Waals surface area contributed by atoms with Gasteiger partial charge in [-0.15, -0.1) is 0 Å². The zero-order valence-electron chi connectivity index (χ0n) is 13.5. The minimum absolute atomic E-state index is 0. The van der Waals surface area contributed by atoms with Crippen LogP contribution in [0.25, 0.3) is 0 Å². The molecule has 0 unspecified atom stereocenters. The minimum Gasteiger partial charge on any atom is -0.478 e. The summed E-state index contributed by atoms with van der Waals surface area (Å²) in [5.74, 6) is -2.37. The Morgan fingerprint density at radius 2 is 1.50 bits per heavy atom. The van der Waals surface area contributed by atoms with Gasteiger partial charge in [-0.25, -0.2) is 14.4 Å². The second kappa shape index (κ2) is 9.12. The molecule has 0 fully saturated rings. The lowest BCUT2D eigenvalue weighted by molar-refractivity contribution is -0.140. The van der Waals surface area contributed by atoms with Gasteiger partial charge < -0.3 is 14.9 Å². The second-order valence-electron chi connectivity index (χ2n) is 4.44. The molecule has 2 N–H and O–H groups in total. The monoisotopic (exact) mass is 307 g/mol. The summed E-state index contributed by atoms with van der Waals surface area (Å²) in [6, 6.07) is 6.14. The molecule has 0 bridgehead atoms. The van der Waals surface area contributed by atoms with Crippen molar-refractivity contribution in [3.63, 3.8) is 0 Å². The molecule has 0 aliphatic rings. The van der Waals surface area contributed by atoms with Crippen LogP contribution in [0.5, 0.6) is 0 Å². The third kappa shape index (κ3) is 7.64. The number of rotatable bonds is 5. The lowest BCUT2D eigenvalue weighted by Crippen LogP contribution is -2.05. The molecule has 6 nitrogen and oxygen atoms in total. The third-order valence-electron chi connectivity index (χ3n) is 2.28. The Labute approximate surface area is 129 Å². The molecule has 0 radical (unpaired) electrons. The summed E-state index contributed by atoms with van der Waals surface area (Å²) in [7, 11) is 0. The van der Waals surface area contributed by atoms with E-state index in [1.807, 2.05) is 0 Å². The normalized spacial score (nSPS) is 9.00. The summed E-state index contributed by atoms with van der Waals surface area (Å²) in [6.45, 7) is 9.74. The quantitative estimate of drug-likeness (QED) is 0.640. The Bertz CT molecular complexity index is 577. The van der Waals surface area contributed by atoms with Crippen molar-refractivity contribution in [1.29, 1.82) is 0 Å². The van der Waals surface area contributed by atoms with Crippen molar-refractivity contribution in [3.05, 3.63) is 59.7 Å². The Kier molecular flexibility index (Phi) is 7.92. The van der Waals surface area contributed by atoms with Gasteiger partial charge in [0.15, 0.2) is 0 Å². The molecule has 0 saturated heterocycles. The molecule has 0 amide bonds. The van der Waals surface area contributed by atoms with Gasteiger partial charge in [0, 0.05) is 11.1 Å². The van der Waals surface area contributed by atoms with Gasteiger partial charge in [0.1, 0.15) is 6.61 Å². The van der Waals surface area contributed by atoms with Crippen LogP contribution in [0.4, 0.5) is 0 Å². The van der Waals surface area contributed by atoms with Crippen molar-refractivity contribution in [2.75, 3.05) is 0 Å². The third-order valence-corrected chi connectivity index (χ3v) is 2.28. The molecule has 1 rings (SSSR count). The first kappa shape index (κ1) is 19.1. The highest BCUT2D eigenvalue weighted by molar-refractivity contribution is 5.88. The number of carboxylic acids is 2. The summed E-state index contributed by atoms with van der Waals surface area (Å²) >= 11 is 0.